The summed E-state index contributed by atoms with van der Waals surface area (Å²) >= 11 is 0. The Morgan fingerprint density at radius 3 is 2.23 bits per heavy atom. The molecule has 194 valence electrons. The summed E-state index contributed by atoms with van der Waals surface area (Å²) in [6, 6.07) is 2.29. The Kier molecular flexibility index (Phi) is 8.97. The summed E-state index contributed by atoms with van der Waals surface area (Å²) in [4.78, 5) is 74.8. The quantitative estimate of drug-likeness (QED) is 0.120. The highest BCUT2D eigenvalue weighted by molar-refractivity contribution is 7.71. The lowest BCUT2D eigenvalue weighted by atomic mass is 10.2. The number of anilines is 2. The van der Waals surface area contributed by atoms with E-state index >= 15 is 0 Å². The molecule has 0 spiro atoms. The molecule has 0 fully saturated rings. The number of nitrogens with zero attached hydrogens (tertiary/aromatic N) is 1. The van der Waals surface area contributed by atoms with Crippen molar-refractivity contribution in [2.24, 2.45) is 0 Å². The fourth-order valence-corrected chi connectivity index (χ4v) is 4.72. The normalized spacial score (nSPS) is 17.2. The molecule has 0 bridgehead atoms. The van der Waals surface area contributed by atoms with Gasteiger partial charge in [0.2, 0.25) is 17.2 Å². The number of aliphatic hydroxyl groups is 3. The molecule has 1 aromatic rings. The third-order valence-electron chi connectivity index (χ3n) is 4.22. The topological polar surface area (TPSA) is 282 Å². The number of pyridine rings is 1. The molecule has 2 rings (SSSR count). The van der Waals surface area contributed by atoms with Crippen LogP contribution in [-0.4, -0.2) is 82.1 Å². The first-order valence-electron chi connectivity index (χ1n) is 9.39. The van der Waals surface area contributed by atoms with Crippen LogP contribution in [0.25, 0.3) is 0 Å². The lowest BCUT2D eigenvalue weighted by Crippen LogP contribution is -2.33. The van der Waals surface area contributed by atoms with Crippen molar-refractivity contribution < 1.29 is 67.9 Å². The average Bonchev–Trinajstić information content (AvgIpc) is 3.01. The smallest absolute Gasteiger partial charge is 0.377 e. The summed E-state index contributed by atoms with van der Waals surface area (Å²) < 4.78 is 31.8. The minimum atomic E-state index is -5.23. The first kappa shape index (κ1) is 28.2. The highest BCUT2D eigenvalue weighted by atomic mass is 31.2. The van der Waals surface area contributed by atoms with E-state index in [2.05, 4.69) is 15.0 Å². The summed E-state index contributed by atoms with van der Waals surface area (Å²) in [5, 5.41) is 32.7. The Labute approximate surface area is 195 Å². The number of nitrogens with one attached hydrogen (secondary N) is 2. The number of hydrogen-bond acceptors (Lipinski definition) is 12. The fourth-order valence-electron chi connectivity index (χ4n) is 2.55. The largest absolute Gasteiger partial charge is 0.505 e. The van der Waals surface area contributed by atoms with Gasteiger partial charge in [0.05, 0.1) is 18.3 Å². The van der Waals surface area contributed by atoms with E-state index in [1.807, 2.05) is 5.32 Å². The summed E-state index contributed by atoms with van der Waals surface area (Å²) in [7, 11) is -10.5. The van der Waals surface area contributed by atoms with Crippen molar-refractivity contribution in [3.8, 4) is 0 Å². The first-order valence-corrected chi connectivity index (χ1v) is 12.8. The Morgan fingerprint density at radius 1 is 1.11 bits per heavy atom. The van der Waals surface area contributed by atoms with Crippen molar-refractivity contribution in [2.75, 3.05) is 17.2 Å². The van der Waals surface area contributed by atoms with Crippen molar-refractivity contribution >= 4 is 44.5 Å². The first-order chi connectivity index (χ1) is 16.1. The van der Waals surface area contributed by atoms with Gasteiger partial charge in [0, 0.05) is 6.42 Å². The molecule has 0 saturated heterocycles. The molecule has 9 N–H and O–H groups in total. The molecule has 0 radical (unpaired) electrons. The standard InChI is InChI=1S/C16H21N3O14P2/c20-8(14-12(23)13(24)15(25)33-14)6-32-11(22)4-3-10(21)18-7-1-2-9(17-5-7)19-16(34(26,27)28)35(29,30)31/h1-2,5,8,14,16,20,23-24H,3-4,6H2,(H,17,19)(H,18,21)(H2,26,27,28)(H2,29,30,31). The van der Waals surface area contributed by atoms with Gasteiger partial charge in [-0.25, -0.2) is 9.78 Å². The van der Waals surface area contributed by atoms with Gasteiger partial charge >= 0.3 is 27.1 Å². The Balaban J connectivity index is 1.80. The second kappa shape index (κ2) is 11.1. The van der Waals surface area contributed by atoms with Crippen LogP contribution in [-0.2, 0) is 33.0 Å². The maximum Gasteiger partial charge on any atom is 0.377 e. The third-order valence-corrected chi connectivity index (χ3v) is 7.56. The fraction of sp³-hybridized carbons (Fsp3) is 0.375. The summed E-state index contributed by atoms with van der Waals surface area (Å²) in [6.45, 7) is -0.710. The molecule has 2 heterocycles. The van der Waals surface area contributed by atoms with Crippen molar-refractivity contribution in [3.05, 3.63) is 29.8 Å². The van der Waals surface area contributed by atoms with E-state index in [1.165, 1.54) is 6.07 Å². The van der Waals surface area contributed by atoms with E-state index in [0.717, 1.165) is 12.3 Å². The molecule has 19 heteroatoms. The maximum atomic E-state index is 12.0. The molecule has 0 aliphatic carbocycles. The molecule has 17 nitrogen and oxygen atoms in total. The molecule has 0 aromatic carbocycles. The molecule has 1 aromatic heterocycles. The Hall–Kier alpha value is -3.04. The Morgan fingerprint density at radius 2 is 1.74 bits per heavy atom. The summed E-state index contributed by atoms with van der Waals surface area (Å²) in [5.41, 5.74) is -2.43. The number of cyclic esters (lactones) is 1. The van der Waals surface area contributed by atoms with Crippen LogP contribution in [0.15, 0.2) is 29.8 Å². The number of carbonyl (C=O) groups excluding carboxylic acids is 3. The van der Waals surface area contributed by atoms with Gasteiger partial charge in [-0.05, 0) is 12.1 Å². The number of esters is 2. The molecular weight excluding hydrogens is 520 g/mol. The lowest BCUT2D eigenvalue weighted by Gasteiger charge is -2.21. The van der Waals surface area contributed by atoms with Gasteiger partial charge in [0.25, 0.3) is 0 Å². The van der Waals surface area contributed by atoms with Crippen LogP contribution in [0.3, 0.4) is 0 Å². The lowest BCUT2D eigenvalue weighted by molar-refractivity contribution is -0.155. The number of amides is 1. The molecule has 0 saturated carbocycles. The van der Waals surface area contributed by atoms with E-state index in [-0.39, 0.29) is 17.9 Å². The zero-order chi connectivity index (χ0) is 26.6. The van der Waals surface area contributed by atoms with Gasteiger partial charge in [-0.2, -0.15) is 0 Å². The molecule has 35 heavy (non-hydrogen) atoms. The predicted molar refractivity (Wildman–Crippen MR) is 113 cm³/mol. The van der Waals surface area contributed by atoms with Crippen molar-refractivity contribution in [2.45, 2.75) is 30.6 Å². The SMILES string of the molecule is O=C(CCC(=O)OCC(O)C1OC(=O)C(O)=C1O)Nc1ccc(NC(P(=O)(O)O)P(=O)(O)O)nc1. The minimum absolute atomic E-state index is 0.0818. The van der Waals surface area contributed by atoms with Gasteiger partial charge in [0.1, 0.15) is 18.5 Å². The molecule has 1 aliphatic heterocycles. The zero-order valence-corrected chi connectivity index (χ0v) is 19.2. The molecular formula is C16H21N3O14P2. The molecule has 1 aliphatic rings. The van der Waals surface area contributed by atoms with Crippen LogP contribution in [0, 0.1) is 0 Å². The van der Waals surface area contributed by atoms with Gasteiger partial charge in [-0.1, -0.05) is 0 Å². The number of aromatic nitrogens is 1. The number of rotatable bonds is 11. The van der Waals surface area contributed by atoms with Crippen molar-refractivity contribution in [1.29, 1.82) is 0 Å². The van der Waals surface area contributed by atoms with Gasteiger partial charge in [-0.15, -0.1) is 0 Å². The molecule has 2 atom stereocenters. The van der Waals surface area contributed by atoms with Gasteiger partial charge in [-0.3, -0.25) is 18.7 Å². The number of carbonyl (C=O) groups is 3. The van der Waals surface area contributed by atoms with Crippen LogP contribution in [0.2, 0.25) is 0 Å². The number of hydrogen-bond donors (Lipinski definition) is 9. The summed E-state index contributed by atoms with van der Waals surface area (Å²) in [6.07, 6.45) is -3.07. The second-order valence-electron chi connectivity index (χ2n) is 6.99. The van der Waals surface area contributed by atoms with Crippen LogP contribution in [0.1, 0.15) is 12.8 Å². The molecule has 2 unspecified atom stereocenters. The highest BCUT2D eigenvalue weighted by Gasteiger charge is 2.44. The average molecular weight is 541 g/mol. The maximum absolute atomic E-state index is 12.0. The summed E-state index contributed by atoms with van der Waals surface area (Å²) in [5.74, 6) is -5.14. The van der Waals surface area contributed by atoms with Crippen molar-refractivity contribution in [3.63, 3.8) is 0 Å². The second-order valence-corrected chi connectivity index (χ2v) is 10.8. The minimum Gasteiger partial charge on any atom is -0.505 e. The van der Waals surface area contributed by atoms with Crippen molar-refractivity contribution in [1.82, 2.24) is 4.98 Å². The monoisotopic (exact) mass is 541 g/mol. The van der Waals surface area contributed by atoms with E-state index in [9.17, 15) is 33.7 Å². The van der Waals surface area contributed by atoms with Crippen LogP contribution < -0.4 is 10.6 Å². The van der Waals surface area contributed by atoms with Gasteiger partial charge in [0.15, 0.2) is 11.9 Å². The van der Waals surface area contributed by atoms with E-state index < -0.39 is 75.3 Å². The predicted octanol–water partition coefficient (Wildman–Crippen LogP) is -0.992. The van der Waals surface area contributed by atoms with Crippen LogP contribution >= 0.6 is 15.2 Å². The van der Waals surface area contributed by atoms with E-state index in [0.29, 0.717) is 0 Å². The van der Waals surface area contributed by atoms with E-state index in [1.54, 1.807) is 0 Å². The van der Waals surface area contributed by atoms with E-state index in [4.69, 9.17) is 29.4 Å². The number of aliphatic hydroxyl groups excluding tert-OH is 3. The van der Waals surface area contributed by atoms with Crippen LogP contribution in [0.5, 0.6) is 0 Å². The third kappa shape index (κ3) is 8.00. The zero-order valence-electron chi connectivity index (χ0n) is 17.4. The molecule has 1 amide bonds. The highest BCUT2D eigenvalue weighted by Crippen LogP contribution is 2.59. The number of ether oxygens (including phenoxy) is 2. The van der Waals surface area contributed by atoms with Crippen LogP contribution in [0.4, 0.5) is 11.5 Å². The Bertz CT molecular complexity index is 1070. The van der Waals surface area contributed by atoms with Gasteiger partial charge < -0.3 is 55.0 Å².